The summed E-state index contributed by atoms with van der Waals surface area (Å²) in [7, 11) is 0. The molecule has 1 aromatic carbocycles. The van der Waals surface area contributed by atoms with Gasteiger partial charge in [0, 0.05) is 11.4 Å². The van der Waals surface area contributed by atoms with E-state index in [2.05, 4.69) is 11.6 Å². The Kier molecular flexibility index (Phi) is 3.68. The molecule has 0 amide bonds. The number of hydrogen-bond acceptors (Lipinski definition) is 1. The Morgan fingerprint density at radius 3 is 2.53 bits per heavy atom. The van der Waals surface area contributed by atoms with E-state index in [-0.39, 0.29) is 0 Å². The van der Waals surface area contributed by atoms with Gasteiger partial charge in [0.2, 0.25) is 5.78 Å². The number of Topliss-reactive ketones (excluding diaryl/α,β-unsaturated/α-hetero) is 1. The number of halogens is 4. The lowest BCUT2D eigenvalue weighted by Gasteiger charge is -2.08. The molecule has 0 aromatic heterocycles. The second kappa shape index (κ2) is 4.45. The van der Waals surface area contributed by atoms with Crippen molar-refractivity contribution < 1.29 is 13.6 Å². The largest absolute Gasteiger partial charge is 0.380 e. The quantitative estimate of drug-likeness (QED) is 0.752. The molecule has 0 saturated heterocycles. The molecule has 0 aliphatic rings. The summed E-state index contributed by atoms with van der Waals surface area (Å²) in [4.78, 5) is 10.9. The van der Waals surface area contributed by atoms with Gasteiger partial charge in [-0.25, -0.2) is 0 Å². The summed E-state index contributed by atoms with van der Waals surface area (Å²) in [6.07, 6.45) is -0.463. The number of ketones is 1. The molecule has 15 heavy (non-hydrogen) atoms. The van der Waals surface area contributed by atoms with E-state index in [1.165, 1.54) is 6.07 Å². The summed E-state index contributed by atoms with van der Waals surface area (Å²) >= 11 is 10.4. The fraction of sp³-hybridized carbons (Fsp3) is 0.300. The summed E-state index contributed by atoms with van der Waals surface area (Å²) in [5, 5.41) is -3.53. The van der Waals surface area contributed by atoms with Crippen molar-refractivity contribution in [3.63, 3.8) is 0 Å². The number of rotatable bonds is 3. The zero-order valence-corrected chi connectivity index (χ0v) is 9.37. The number of benzene rings is 1. The molecule has 0 unspecified atom stereocenters. The Hall–Kier alpha value is -0.670. The number of alkyl halides is 3. The van der Waals surface area contributed by atoms with Gasteiger partial charge in [0.25, 0.3) is 0 Å². The van der Waals surface area contributed by atoms with E-state index in [0.717, 1.165) is 5.56 Å². The van der Waals surface area contributed by atoms with Crippen molar-refractivity contribution in [1.82, 2.24) is 0 Å². The minimum atomic E-state index is -3.83. The van der Waals surface area contributed by atoms with Crippen LogP contribution in [-0.4, -0.2) is 11.2 Å². The van der Waals surface area contributed by atoms with Gasteiger partial charge in [0.1, 0.15) is 0 Å². The molecular weight excluding hydrogens is 245 g/mol. The Balaban J connectivity index is 2.87. The molecule has 1 aromatic rings. The molecule has 0 bridgehead atoms. The Morgan fingerprint density at radius 1 is 1.47 bits per heavy atom. The van der Waals surface area contributed by atoms with Gasteiger partial charge in [0.05, 0.1) is 0 Å². The Bertz CT molecular complexity index is 385. The number of hydrogen-bond donors (Lipinski definition) is 0. The fourth-order valence-electron chi connectivity index (χ4n) is 1.07. The first-order valence-corrected chi connectivity index (χ1v) is 4.91. The predicted octanol–water partition coefficient (Wildman–Crippen LogP) is 3.59. The van der Waals surface area contributed by atoms with Gasteiger partial charge >= 0.3 is 5.38 Å². The molecule has 0 aliphatic carbocycles. The van der Waals surface area contributed by atoms with Gasteiger partial charge in [-0.05, 0) is 35.7 Å². The summed E-state index contributed by atoms with van der Waals surface area (Å²) < 4.78 is 24.8. The highest BCUT2D eigenvalue weighted by Crippen LogP contribution is 2.25. The van der Waals surface area contributed by atoms with E-state index >= 15 is 0 Å². The van der Waals surface area contributed by atoms with Crippen molar-refractivity contribution >= 4 is 29.0 Å². The van der Waals surface area contributed by atoms with Crippen molar-refractivity contribution in [2.24, 2.45) is 0 Å². The molecule has 0 N–H and O–H groups in total. The van der Waals surface area contributed by atoms with Crippen molar-refractivity contribution in [2.75, 3.05) is 0 Å². The van der Waals surface area contributed by atoms with E-state index in [0.29, 0.717) is 10.6 Å². The van der Waals surface area contributed by atoms with Gasteiger partial charge in [-0.15, -0.1) is 0 Å². The highest BCUT2D eigenvalue weighted by molar-refractivity contribution is 6.34. The summed E-state index contributed by atoms with van der Waals surface area (Å²) in [5.74, 6) is -1.35. The van der Waals surface area contributed by atoms with Crippen LogP contribution in [0.3, 0.4) is 0 Å². The second-order valence-corrected chi connectivity index (χ2v) is 4.07. The second-order valence-electron chi connectivity index (χ2n) is 3.19. The summed E-state index contributed by atoms with van der Waals surface area (Å²) in [6, 6.07) is 4.84. The molecule has 82 valence electrons. The topological polar surface area (TPSA) is 17.1 Å². The van der Waals surface area contributed by atoms with Crippen LogP contribution in [-0.2, 0) is 11.2 Å². The highest BCUT2D eigenvalue weighted by Gasteiger charge is 2.35. The van der Waals surface area contributed by atoms with Crippen molar-refractivity contribution in [3.05, 3.63) is 34.3 Å². The van der Waals surface area contributed by atoms with Crippen LogP contribution in [0.15, 0.2) is 18.2 Å². The summed E-state index contributed by atoms with van der Waals surface area (Å²) in [5.41, 5.74) is 1.25. The molecule has 0 atom stereocenters. The lowest BCUT2D eigenvalue weighted by Crippen LogP contribution is -2.23. The normalized spacial score (nSPS) is 11.5. The third kappa shape index (κ3) is 3.43. The maximum absolute atomic E-state index is 12.4. The molecule has 0 spiro atoms. The Morgan fingerprint density at radius 2 is 2.07 bits per heavy atom. The van der Waals surface area contributed by atoms with Crippen LogP contribution >= 0.6 is 23.2 Å². The molecule has 0 aliphatic heterocycles. The monoisotopic (exact) mass is 252 g/mol. The van der Waals surface area contributed by atoms with Crippen LogP contribution in [0.25, 0.3) is 0 Å². The molecule has 0 saturated carbocycles. The maximum atomic E-state index is 12.4. The van der Waals surface area contributed by atoms with Crippen LogP contribution in [0.5, 0.6) is 0 Å². The SMILES string of the molecule is Cc1ccc(CC(=O)C(F)(F)Cl)c(Cl)c1. The van der Waals surface area contributed by atoms with Crippen molar-refractivity contribution in [2.45, 2.75) is 18.7 Å². The fourth-order valence-corrected chi connectivity index (χ4v) is 1.44. The minimum Gasteiger partial charge on any atom is -0.291 e. The zero-order valence-electron chi connectivity index (χ0n) is 7.86. The van der Waals surface area contributed by atoms with Crippen LogP contribution in [0.4, 0.5) is 8.78 Å². The van der Waals surface area contributed by atoms with Gasteiger partial charge < -0.3 is 0 Å². The summed E-state index contributed by atoms with van der Waals surface area (Å²) in [6.45, 7) is 1.81. The first-order chi connectivity index (χ1) is 6.80. The first-order valence-electron chi connectivity index (χ1n) is 4.16. The van der Waals surface area contributed by atoms with E-state index < -0.39 is 17.6 Å². The van der Waals surface area contributed by atoms with Gasteiger partial charge in [-0.2, -0.15) is 8.78 Å². The van der Waals surface area contributed by atoms with Crippen LogP contribution in [0.2, 0.25) is 5.02 Å². The molecule has 1 rings (SSSR count). The van der Waals surface area contributed by atoms with Crippen LogP contribution < -0.4 is 0 Å². The van der Waals surface area contributed by atoms with Crippen LogP contribution in [0, 0.1) is 6.92 Å². The average Bonchev–Trinajstić information content (AvgIpc) is 2.08. The molecule has 0 heterocycles. The molecule has 1 nitrogen and oxygen atoms in total. The Labute approximate surface area is 96.0 Å². The average molecular weight is 253 g/mol. The predicted molar refractivity (Wildman–Crippen MR) is 55.7 cm³/mol. The lowest BCUT2D eigenvalue weighted by atomic mass is 10.1. The van der Waals surface area contributed by atoms with Gasteiger partial charge in [0.15, 0.2) is 0 Å². The molecular formula is C10H8Cl2F2O. The standard InChI is InChI=1S/C10H8Cl2F2O/c1-6-2-3-7(8(11)4-6)5-9(15)10(12,13)14/h2-4H,5H2,1H3. The molecule has 0 radical (unpaired) electrons. The van der Waals surface area contributed by atoms with E-state index in [1.54, 1.807) is 12.1 Å². The van der Waals surface area contributed by atoms with Gasteiger partial charge in [-0.3, -0.25) is 4.79 Å². The van der Waals surface area contributed by atoms with Crippen molar-refractivity contribution in [1.29, 1.82) is 0 Å². The van der Waals surface area contributed by atoms with E-state index in [1.807, 2.05) is 6.92 Å². The zero-order chi connectivity index (χ0) is 11.6. The highest BCUT2D eigenvalue weighted by atomic mass is 35.5. The number of aryl methyl sites for hydroxylation is 1. The van der Waals surface area contributed by atoms with Crippen molar-refractivity contribution in [3.8, 4) is 0 Å². The third-order valence-electron chi connectivity index (χ3n) is 1.88. The first kappa shape index (κ1) is 12.4. The van der Waals surface area contributed by atoms with Gasteiger partial charge in [-0.1, -0.05) is 23.7 Å². The minimum absolute atomic E-state index is 0.296. The lowest BCUT2D eigenvalue weighted by molar-refractivity contribution is -0.132. The van der Waals surface area contributed by atoms with E-state index in [4.69, 9.17) is 11.6 Å². The number of carbonyl (C=O) groups is 1. The molecule has 0 fully saturated rings. The maximum Gasteiger partial charge on any atom is 0.380 e. The molecule has 5 heteroatoms. The smallest absolute Gasteiger partial charge is 0.291 e. The number of carbonyl (C=O) groups excluding carboxylic acids is 1. The third-order valence-corrected chi connectivity index (χ3v) is 2.44. The van der Waals surface area contributed by atoms with Crippen LogP contribution in [0.1, 0.15) is 11.1 Å². The van der Waals surface area contributed by atoms with E-state index in [9.17, 15) is 13.6 Å².